The number of nitrogens with one attached hydrogen (secondary N) is 1. The van der Waals surface area contributed by atoms with Crippen LogP contribution in [-0.4, -0.2) is 31.4 Å². The number of carbonyl (C=O) groups is 1. The number of carbonyl (C=O) groups excluding carboxylic acids is 1. The zero-order valence-electron chi connectivity index (χ0n) is 22.9. The third-order valence-electron chi connectivity index (χ3n) is 7.29. The highest BCUT2D eigenvalue weighted by molar-refractivity contribution is 7.99. The predicted octanol–water partition coefficient (Wildman–Crippen LogP) is 7.11. The Morgan fingerprint density at radius 2 is 1.49 bits per heavy atom. The molecule has 2 heterocycles. The summed E-state index contributed by atoms with van der Waals surface area (Å²) >= 11 is 1.54. The smallest absolute Gasteiger partial charge is 0.220 e. The number of aryl methyl sites for hydroxylation is 1. The molecule has 0 atom stereocenters. The molecule has 4 aromatic carbocycles. The Kier molecular flexibility index (Phi) is 8.05. The average molecular weight is 558 g/mol. The van der Waals surface area contributed by atoms with Gasteiger partial charge in [0.2, 0.25) is 11.1 Å². The summed E-state index contributed by atoms with van der Waals surface area (Å²) in [5.41, 5.74) is 7.36. The third kappa shape index (κ3) is 6.00. The van der Waals surface area contributed by atoms with Crippen LogP contribution in [0.4, 0.5) is 0 Å². The summed E-state index contributed by atoms with van der Waals surface area (Å²) in [5.74, 6) is 0.746. The van der Waals surface area contributed by atoms with Gasteiger partial charge in [-0.3, -0.25) is 4.79 Å². The van der Waals surface area contributed by atoms with Crippen LogP contribution >= 0.6 is 11.8 Å². The second-order valence-corrected chi connectivity index (χ2v) is 11.1. The molecule has 204 valence electrons. The van der Waals surface area contributed by atoms with Crippen LogP contribution in [0.1, 0.15) is 41.1 Å². The Morgan fingerprint density at radius 3 is 2.22 bits per heavy atom. The van der Waals surface area contributed by atoms with Crippen molar-refractivity contribution < 1.29 is 4.79 Å². The Morgan fingerprint density at radius 1 is 0.829 bits per heavy atom. The number of nitrogens with zero attached hydrogens (tertiary/aromatic N) is 4. The summed E-state index contributed by atoms with van der Waals surface area (Å²) in [5, 5.41) is 13.9. The molecule has 2 aromatic heterocycles. The Bertz CT molecular complexity index is 1750. The third-order valence-corrected chi connectivity index (χ3v) is 8.22. The van der Waals surface area contributed by atoms with Crippen molar-refractivity contribution in [3.05, 3.63) is 131 Å². The molecular formula is C34H31N5OS. The van der Waals surface area contributed by atoms with E-state index < -0.39 is 0 Å². The molecule has 0 aliphatic rings. The average Bonchev–Trinajstić information content (AvgIpc) is 3.32. The van der Waals surface area contributed by atoms with Crippen molar-refractivity contribution in [2.24, 2.45) is 0 Å². The summed E-state index contributed by atoms with van der Waals surface area (Å²) in [7, 11) is 0. The summed E-state index contributed by atoms with van der Waals surface area (Å²) in [6.07, 6.45) is 1.13. The van der Waals surface area contributed by atoms with E-state index in [0.29, 0.717) is 24.5 Å². The lowest BCUT2D eigenvalue weighted by Gasteiger charge is -2.20. The predicted molar refractivity (Wildman–Crippen MR) is 166 cm³/mol. The lowest BCUT2D eigenvalue weighted by atomic mass is 9.98. The maximum absolute atomic E-state index is 13.0. The van der Waals surface area contributed by atoms with Gasteiger partial charge in [-0.25, -0.2) is 4.98 Å². The number of rotatable bonds is 10. The lowest BCUT2D eigenvalue weighted by molar-refractivity contribution is -0.121. The fourth-order valence-corrected chi connectivity index (χ4v) is 5.87. The second-order valence-electron chi connectivity index (χ2n) is 10.1. The van der Waals surface area contributed by atoms with E-state index in [1.807, 2.05) is 72.8 Å². The van der Waals surface area contributed by atoms with Crippen molar-refractivity contribution in [3.8, 4) is 0 Å². The summed E-state index contributed by atoms with van der Waals surface area (Å²) in [4.78, 5) is 17.9. The molecule has 0 unspecified atom stereocenters. The van der Waals surface area contributed by atoms with Gasteiger partial charge in [-0.1, -0.05) is 115 Å². The number of para-hydroxylation sites is 1. The molecule has 0 saturated carbocycles. The van der Waals surface area contributed by atoms with Crippen LogP contribution in [0.3, 0.4) is 0 Å². The molecule has 0 spiro atoms. The molecule has 6 nitrogen and oxygen atoms in total. The first-order chi connectivity index (χ1) is 20.2. The normalized spacial score (nSPS) is 11.4. The van der Waals surface area contributed by atoms with Gasteiger partial charge in [0.1, 0.15) is 5.52 Å². The van der Waals surface area contributed by atoms with Crippen LogP contribution in [-0.2, 0) is 11.3 Å². The van der Waals surface area contributed by atoms with Crippen molar-refractivity contribution in [1.82, 2.24) is 25.1 Å². The molecule has 6 rings (SSSR count). The van der Waals surface area contributed by atoms with E-state index in [9.17, 15) is 4.79 Å². The first-order valence-corrected chi connectivity index (χ1v) is 14.8. The largest absolute Gasteiger partial charge is 0.345 e. The van der Waals surface area contributed by atoms with Crippen LogP contribution in [0.15, 0.2) is 114 Å². The number of thioether (sulfide) groups is 1. The standard InChI is InChI=1S/C34H31N5OS/c1-24-13-8-9-18-27(24)23-39-29-20-11-10-19-28(29)32-33(39)36-34(38-37-32)41-22-12-21-30(40)35-31(25-14-4-2-5-15-25)26-16-6-3-7-17-26/h2-11,13-20,31H,12,21-23H2,1H3,(H,35,40). The molecular weight excluding hydrogens is 526 g/mol. The minimum Gasteiger partial charge on any atom is -0.345 e. The Balaban J connectivity index is 1.14. The first kappa shape index (κ1) is 26.7. The van der Waals surface area contributed by atoms with Crippen LogP contribution in [0.2, 0.25) is 0 Å². The summed E-state index contributed by atoms with van der Waals surface area (Å²) < 4.78 is 2.23. The molecule has 0 aliphatic heterocycles. The summed E-state index contributed by atoms with van der Waals surface area (Å²) in [6, 6.07) is 36.7. The van der Waals surface area contributed by atoms with Gasteiger partial charge in [0.05, 0.1) is 11.6 Å². The van der Waals surface area contributed by atoms with Crippen molar-refractivity contribution in [2.45, 2.75) is 37.5 Å². The van der Waals surface area contributed by atoms with E-state index in [2.05, 4.69) is 63.4 Å². The zero-order chi connectivity index (χ0) is 28.0. The van der Waals surface area contributed by atoms with Gasteiger partial charge >= 0.3 is 0 Å². The number of hydrogen-bond donors (Lipinski definition) is 1. The van der Waals surface area contributed by atoms with E-state index in [1.54, 1.807) is 0 Å². The van der Waals surface area contributed by atoms with E-state index >= 15 is 0 Å². The Hall–Kier alpha value is -4.49. The molecule has 0 aliphatic carbocycles. The first-order valence-electron chi connectivity index (χ1n) is 13.9. The number of fused-ring (bicyclic) bond motifs is 3. The molecule has 0 saturated heterocycles. The van der Waals surface area contributed by atoms with Crippen LogP contribution in [0.5, 0.6) is 0 Å². The fourth-order valence-electron chi connectivity index (χ4n) is 5.15. The van der Waals surface area contributed by atoms with Gasteiger partial charge in [0, 0.05) is 24.1 Å². The van der Waals surface area contributed by atoms with E-state index in [0.717, 1.165) is 38.9 Å². The summed E-state index contributed by atoms with van der Waals surface area (Å²) in [6.45, 7) is 2.85. The molecule has 0 bridgehead atoms. The van der Waals surface area contributed by atoms with E-state index in [-0.39, 0.29) is 11.9 Å². The minimum absolute atomic E-state index is 0.0242. The number of amides is 1. The molecule has 0 radical (unpaired) electrons. The van der Waals surface area contributed by atoms with Gasteiger partial charge in [0.25, 0.3) is 0 Å². The Labute approximate surface area is 243 Å². The number of benzene rings is 4. The number of hydrogen-bond acceptors (Lipinski definition) is 5. The quantitative estimate of drug-likeness (QED) is 0.143. The maximum atomic E-state index is 13.0. The van der Waals surface area contributed by atoms with Gasteiger partial charge in [0.15, 0.2) is 5.65 Å². The monoisotopic (exact) mass is 557 g/mol. The highest BCUT2D eigenvalue weighted by Crippen LogP contribution is 2.29. The lowest BCUT2D eigenvalue weighted by Crippen LogP contribution is -2.29. The molecule has 1 amide bonds. The van der Waals surface area contributed by atoms with Gasteiger partial charge < -0.3 is 9.88 Å². The SMILES string of the molecule is Cc1ccccc1Cn1c2ccccc2c2nnc(SCCCC(=O)NC(c3ccccc3)c3ccccc3)nc21. The van der Waals surface area contributed by atoms with Crippen molar-refractivity contribution >= 4 is 39.7 Å². The fraction of sp³-hybridized carbons (Fsp3) is 0.176. The van der Waals surface area contributed by atoms with Crippen molar-refractivity contribution in [2.75, 3.05) is 5.75 Å². The highest BCUT2D eigenvalue weighted by atomic mass is 32.2. The molecule has 7 heteroatoms. The molecule has 41 heavy (non-hydrogen) atoms. The molecule has 0 fully saturated rings. The molecule has 1 N–H and O–H groups in total. The topological polar surface area (TPSA) is 72.7 Å². The minimum atomic E-state index is -0.178. The van der Waals surface area contributed by atoms with Gasteiger partial charge in [-0.05, 0) is 41.7 Å². The van der Waals surface area contributed by atoms with E-state index in [4.69, 9.17) is 4.98 Å². The molecule has 6 aromatic rings. The van der Waals surface area contributed by atoms with E-state index in [1.165, 1.54) is 22.9 Å². The zero-order valence-corrected chi connectivity index (χ0v) is 23.7. The number of aromatic nitrogens is 4. The van der Waals surface area contributed by atoms with Gasteiger partial charge in [-0.15, -0.1) is 10.2 Å². The van der Waals surface area contributed by atoms with Gasteiger partial charge in [-0.2, -0.15) is 0 Å². The van der Waals surface area contributed by atoms with Crippen molar-refractivity contribution in [1.29, 1.82) is 0 Å². The van der Waals surface area contributed by atoms with Crippen LogP contribution in [0, 0.1) is 6.92 Å². The van der Waals surface area contributed by atoms with Crippen LogP contribution < -0.4 is 5.32 Å². The second kappa shape index (κ2) is 12.4. The maximum Gasteiger partial charge on any atom is 0.220 e. The van der Waals surface area contributed by atoms with Crippen molar-refractivity contribution in [3.63, 3.8) is 0 Å². The van der Waals surface area contributed by atoms with Crippen LogP contribution in [0.25, 0.3) is 22.1 Å². The highest BCUT2D eigenvalue weighted by Gasteiger charge is 2.18.